The van der Waals surface area contributed by atoms with Crippen LogP contribution in [0.5, 0.6) is 0 Å². The number of hydrogen-bond donors (Lipinski definition) is 1. The highest BCUT2D eigenvalue weighted by atomic mass is 16.4. The first kappa shape index (κ1) is 12.9. The minimum atomic E-state index is -0.663. The second kappa shape index (κ2) is 7.20. The number of rotatable bonds is 9. The number of carboxylic acids is 1. The van der Waals surface area contributed by atoms with Gasteiger partial charge in [0.15, 0.2) is 0 Å². The zero-order valence-electron chi connectivity index (χ0n) is 9.60. The molecule has 1 N–H and O–H groups in total. The van der Waals surface area contributed by atoms with Gasteiger partial charge < -0.3 is 9.90 Å². The van der Waals surface area contributed by atoms with E-state index in [1.54, 1.807) is 0 Å². The third kappa shape index (κ3) is 5.10. The van der Waals surface area contributed by atoms with E-state index in [4.69, 9.17) is 5.11 Å². The Morgan fingerprint density at radius 2 is 1.88 bits per heavy atom. The van der Waals surface area contributed by atoms with E-state index in [0.717, 1.165) is 44.8 Å². The Kier molecular flexibility index (Phi) is 5.83. The number of carbonyl (C=O) groups is 2. The number of unbranched alkanes of at least 4 members (excludes halogenated alkanes) is 5. The van der Waals surface area contributed by atoms with Crippen LogP contribution in [0.2, 0.25) is 0 Å². The third-order valence-corrected chi connectivity index (χ3v) is 2.98. The Labute approximate surface area is 96.5 Å². The lowest BCUT2D eigenvalue weighted by atomic mass is 10.1. The molecule has 2 unspecified atom stereocenters. The van der Waals surface area contributed by atoms with E-state index >= 15 is 0 Å². The van der Waals surface area contributed by atoms with Crippen LogP contribution in [-0.4, -0.2) is 17.4 Å². The molecule has 0 aliphatic heterocycles. The Balaban J connectivity index is 1.90. The molecule has 3 nitrogen and oxygen atoms in total. The summed E-state index contributed by atoms with van der Waals surface area (Å²) < 4.78 is 0. The fourth-order valence-electron chi connectivity index (χ4n) is 1.83. The molecule has 0 amide bonds. The smallest absolute Gasteiger partial charge is 0.307 e. The average molecular weight is 224 g/mol. The van der Waals surface area contributed by atoms with Crippen LogP contribution in [0.4, 0.5) is 0 Å². The third-order valence-electron chi connectivity index (χ3n) is 2.98. The highest BCUT2D eigenvalue weighted by Gasteiger charge is 2.40. The number of aldehydes is 1. The van der Waals surface area contributed by atoms with Gasteiger partial charge in [-0.3, -0.25) is 4.79 Å². The molecule has 1 aliphatic carbocycles. The number of aliphatic carboxylic acids is 1. The van der Waals surface area contributed by atoms with Crippen molar-refractivity contribution in [1.29, 1.82) is 0 Å². The molecule has 3 heteroatoms. The number of hydrogen-bond acceptors (Lipinski definition) is 2. The predicted octanol–water partition coefficient (Wildman–Crippen LogP) is 2.80. The van der Waals surface area contributed by atoms with Crippen LogP contribution in [0, 0.1) is 11.8 Å². The van der Waals surface area contributed by atoms with Gasteiger partial charge in [-0.15, -0.1) is 0 Å². The summed E-state index contributed by atoms with van der Waals surface area (Å²) in [7, 11) is 0. The maximum absolute atomic E-state index is 10.5. The van der Waals surface area contributed by atoms with Crippen molar-refractivity contribution >= 4 is 12.3 Å². The van der Waals surface area contributed by atoms with E-state index < -0.39 is 5.97 Å². The lowest BCUT2D eigenvalue weighted by molar-refractivity contribution is -0.138. The van der Waals surface area contributed by atoms with Gasteiger partial charge in [-0.25, -0.2) is 0 Å². The van der Waals surface area contributed by atoms with E-state index in [0.29, 0.717) is 6.42 Å². The van der Waals surface area contributed by atoms with Crippen molar-refractivity contribution in [2.45, 2.75) is 44.9 Å². The molecule has 1 saturated carbocycles. The van der Waals surface area contributed by atoms with Crippen molar-refractivity contribution in [2.24, 2.45) is 11.8 Å². The highest BCUT2D eigenvalue weighted by Crippen LogP contribution is 2.39. The Hall–Kier alpha value is -1.12. The summed E-state index contributed by atoms with van der Waals surface area (Å²) in [5.41, 5.74) is 0. The molecule has 0 bridgehead atoms. The first-order chi connectivity index (χ1) is 7.75. The lowest BCUT2D eigenvalue weighted by Gasteiger charge is -1.95. The van der Waals surface area contributed by atoms with Crippen molar-refractivity contribution < 1.29 is 14.7 Å². The summed E-state index contributed by atoms with van der Waals surface area (Å²) >= 11 is 0. The monoisotopic (exact) mass is 224 g/mol. The molecule has 1 fully saturated rings. The summed E-state index contributed by atoms with van der Waals surface area (Å²) in [4.78, 5) is 20.6. The normalized spacial score (nSPS) is 23.5. The number of allylic oxidation sites excluding steroid dienone is 2. The molecule has 0 aromatic rings. The number of carboxylic acid groups (broad SMARTS) is 1. The predicted molar refractivity (Wildman–Crippen MR) is 62.1 cm³/mol. The molecule has 0 spiro atoms. The molecule has 2 atom stereocenters. The van der Waals surface area contributed by atoms with Gasteiger partial charge in [0.05, 0.1) is 5.92 Å². The maximum atomic E-state index is 10.5. The maximum Gasteiger partial charge on any atom is 0.307 e. The summed E-state index contributed by atoms with van der Waals surface area (Å²) in [5, 5.41) is 8.68. The summed E-state index contributed by atoms with van der Waals surface area (Å²) in [6, 6.07) is 0. The molecular weight excluding hydrogens is 204 g/mol. The molecule has 16 heavy (non-hydrogen) atoms. The van der Waals surface area contributed by atoms with Crippen molar-refractivity contribution in [2.75, 3.05) is 0 Å². The van der Waals surface area contributed by atoms with E-state index in [9.17, 15) is 9.59 Å². The van der Waals surface area contributed by atoms with Crippen LogP contribution < -0.4 is 0 Å². The number of carbonyl (C=O) groups excluding carboxylic acids is 1. The molecule has 0 radical (unpaired) electrons. The van der Waals surface area contributed by atoms with Gasteiger partial charge in [0.25, 0.3) is 0 Å². The van der Waals surface area contributed by atoms with Gasteiger partial charge >= 0.3 is 5.97 Å². The standard InChI is InChI=1S/C13H20O3/c14-9-7-5-3-1-2-4-6-8-11-10-12(11)13(15)16/h6,8-9,11-12H,1-5,7,10H2,(H,15,16)/b8-6-. The van der Waals surface area contributed by atoms with Gasteiger partial charge in [0, 0.05) is 6.42 Å². The quantitative estimate of drug-likeness (QED) is 0.372. The molecule has 90 valence electrons. The van der Waals surface area contributed by atoms with E-state index in [-0.39, 0.29) is 11.8 Å². The van der Waals surface area contributed by atoms with Crippen molar-refractivity contribution in [3.8, 4) is 0 Å². The van der Waals surface area contributed by atoms with Gasteiger partial charge in [-0.05, 0) is 31.6 Å². The SMILES string of the molecule is O=CCCCCCC/C=C\C1CC1C(=O)O. The van der Waals surface area contributed by atoms with Gasteiger partial charge in [-0.1, -0.05) is 25.0 Å². The second-order valence-electron chi connectivity index (χ2n) is 4.43. The summed E-state index contributed by atoms with van der Waals surface area (Å²) in [6.45, 7) is 0. The molecular formula is C13H20O3. The van der Waals surface area contributed by atoms with E-state index in [2.05, 4.69) is 6.08 Å². The fraction of sp³-hybridized carbons (Fsp3) is 0.692. The molecule has 1 rings (SSSR count). The van der Waals surface area contributed by atoms with Crippen molar-refractivity contribution in [3.63, 3.8) is 0 Å². The van der Waals surface area contributed by atoms with Crippen LogP contribution in [-0.2, 0) is 9.59 Å². The summed E-state index contributed by atoms with van der Waals surface area (Å²) in [6.07, 6.45) is 12.1. The van der Waals surface area contributed by atoms with Crippen molar-refractivity contribution in [1.82, 2.24) is 0 Å². The Morgan fingerprint density at radius 1 is 1.19 bits per heavy atom. The van der Waals surface area contributed by atoms with E-state index in [1.807, 2.05) is 6.08 Å². The molecule has 0 heterocycles. The molecule has 0 saturated heterocycles. The highest BCUT2D eigenvalue weighted by molar-refractivity contribution is 5.73. The zero-order valence-corrected chi connectivity index (χ0v) is 9.60. The summed E-state index contributed by atoms with van der Waals surface area (Å²) in [5.74, 6) is -0.500. The van der Waals surface area contributed by atoms with Crippen LogP contribution in [0.25, 0.3) is 0 Å². The van der Waals surface area contributed by atoms with Crippen LogP contribution in [0.1, 0.15) is 44.9 Å². The largest absolute Gasteiger partial charge is 0.481 e. The Bertz CT molecular complexity index is 258. The molecule has 0 aromatic heterocycles. The van der Waals surface area contributed by atoms with Gasteiger partial charge in [0.1, 0.15) is 6.29 Å². The van der Waals surface area contributed by atoms with E-state index in [1.165, 1.54) is 0 Å². The van der Waals surface area contributed by atoms with Crippen LogP contribution in [0.3, 0.4) is 0 Å². The second-order valence-corrected chi connectivity index (χ2v) is 4.43. The first-order valence-electron chi connectivity index (χ1n) is 6.09. The minimum Gasteiger partial charge on any atom is -0.481 e. The minimum absolute atomic E-state index is 0.121. The molecule has 0 aromatic carbocycles. The average Bonchev–Trinajstić information content (AvgIpc) is 3.01. The van der Waals surface area contributed by atoms with Crippen molar-refractivity contribution in [3.05, 3.63) is 12.2 Å². The fourth-order valence-corrected chi connectivity index (χ4v) is 1.83. The van der Waals surface area contributed by atoms with Crippen LogP contribution >= 0.6 is 0 Å². The lowest BCUT2D eigenvalue weighted by Crippen LogP contribution is -1.97. The van der Waals surface area contributed by atoms with Crippen LogP contribution in [0.15, 0.2) is 12.2 Å². The van der Waals surface area contributed by atoms with Gasteiger partial charge in [-0.2, -0.15) is 0 Å². The topological polar surface area (TPSA) is 54.4 Å². The Morgan fingerprint density at radius 3 is 2.44 bits per heavy atom. The van der Waals surface area contributed by atoms with Gasteiger partial charge in [0.2, 0.25) is 0 Å². The first-order valence-corrected chi connectivity index (χ1v) is 6.09. The molecule has 1 aliphatic rings. The zero-order chi connectivity index (χ0) is 11.8.